The third kappa shape index (κ3) is 19.5. The summed E-state index contributed by atoms with van der Waals surface area (Å²) in [5.41, 5.74) is 17.9. The molecule has 0 heterocycles. The van der Waals surface area contributed by atoms with Gasteiger partial charge in [-0.2, -0.15) is 0 Å². The van der Waals surface area contributed by atoms with E-state index in [-0.39, 0.29) is 55.6 Å². The van der Waals surface area contributed by atoms with Gasteiger partial charge in [-0.15, -0.1) is 0 Å². The van der Waals surface area contributed by atoms with E-state index < -0.39 is 103 Å². The molecule has 63 heavy (non-hydrogen) atoms. The molecule has 0 aromatic heterocycles. The maximum atomic E-state index is 14.1. The van der Waals surface area contributed by atoms with Crippen LogP contribution in [0.3, 0.4) is 0 Å². The normalized spacial score (nSPS) is 13.8. The molecule has 346 valence electrons. The Labute approximate surface area is 364 Å². The van der Waals surface area contributed by atoms with Crippen molar-refractivity contribution in [3.05, 3.63) is 59.7 Å². The van der Waals surface area contributed by atoms with E-state index in [1.54, 1.807) is 39.8 Å². The summed E-state index contributed by atoms with van der Waals surface area (Å²) in [4.78, 5) is 107. The molecular formula is C41H60N10O12. The molecule has 0 saturated carbocycles. The number of carbonyl (C=O) groups is 8. The minimum absolute atomic E-state index is 0.0365. The maximum absolute atomic E-state index is 14.1. The first kappa shape index (κ1) is 52.2. The first-order valence-corrected chi connectivity index (χ1v) is 20.2. The molecule has 2 rings (SSSR count). The van der Waals surface area contributed by atoms with Gasteiger partial charge < -0.3 is 69.5 Å². The van der Waals surface area contributed by atoms with Crippen LogP contribution < -0.4 is 49.1 Å². The van der Waals surface area contributed by atoms with E-state index in [1.807, 2.05) is 0 Å². The highest BCUT2D eigenvalue weighted by molar-refractivity contribution is 5.96. The third-order valence-electron chi connectivity index (χ3n) is 9.34. The lowest BCUT2D eigenvalue weighted by atomic mass is 10.00. The molecule has 0 aliphatic rings. The zero-order valence-corrected chi connectivity index (χ0v) is 35.6. The number of carboxylic acid groups (broad SMARTS) is 2. The van der Waals surface area contributed by atoms with Crippen LogP contribution in [0.2, 0.25) is 0 Å². The summed E-state index contributed by atoms with van der Waals surface area (Å²) in [6.07, 6.45) is -0.557. The van der Waals surface area contributed by atoms with Crippen LogP contribution in [0.1, 0.15) is 64.5 Å². The molecule has 0 spiro atoms. The summed E-state index contributed by atoms with van der Waals surface area (Å²) in [5.74, 6) is -8.98. The van der Waals surface area contributed by atoms with E-state index in [0.29, 0.717) is 17.5 Å². The number of carbonyl (C=O) groups excluding carboxylic acids is 6. The Morgan fingerprint density at radius 3 is 1.56 bits per heavy atom. The standard InChI is InChI=1S/C41H60N10O12/c1-21(2)16-28(36(58)46-20-32(54)51-34(22(3)4)39(61)50-31(40(62)63)19-33(55)56)48-38(60)30(18-24-9-13-26(53)14-10-24)49-37(59)29(17-23-7-11-25(52)12-8-23)47-35(57)27(42)6-5-15-45-41(43)44/h7-14,21-22,27-31,34,52-53H,5-6,15-20,42H2,1-4H3,(H,46,58)(H,47,57)(H,48,60)(H,49,59)(H,50,61)(H,51,54)(H,55,56)(H,62,63)(H4,43,44,45)/t27-,28-,29-,30-,31-,34-/m0/s1. The SMILES string of the molecule is CC(C)C[C@H](NC(=O)[C@H](Cc1ccc(O)cc1)NC(=O)[C@H](Cc1ccc(O)cc1)NC(=O)[C@@H](N)CCCN=C(N)N)C(=O)NCC(=O)N[C@H](C(=O)N[C@@H](CC(=O)O)C(=O)O)C(C)C. The number of hydrogen-bond donors (Lipinski definition) is 13. The van der Waals surface area contributed by atoms with Crippen molar-refractivity contribution in [2.75, 3.05) is 13.1 Å². The average Bonchev–Trinajstić information content (AvgIpc) is 3.20. The number of carboxylic acids is 2. The number of phenols is 2. The Bertz CT molecular complexity index is 1920. The second-order valence-corrected chi connectivity index (χ2v) is 15.6. The van der Waals surface area contributed by atoms with Crippen LogP contribution in [0.4, 0.5) is 0 Å². The van der Waals surface area contributed by atoms with Gasteiger partial charge in [0.05, 0.1) is 19.0 Å². The molecule has 0 aliphatic heterocycles. The summed E-state index contributed by atoms with van der Waals surface area (Å²) in [6, 6.07) is 3.61. The predicted octanol–water partition coefficient (Wildman–Crippen LogP) is -1.93. The van der Waals surface area contributed by atoms with Gasteiger partial charge in [0.1, 0.15) is 41.7 Å². The van der Waals surface area contributed by atoms with E-state index >= 15 is 0 Å². The topological polar surface area (TPSA) is 380 Å². The van der Waals surface area contributed by atoms with E-state index in [0.717, 1.165) is 0 Å². The van der Waals surface area contributed by atoms with Gasteiger partial charge in [0.2, 0.25) is 35.4 Å². The molecule has 0 radical (unpaired) electrons. The molecule has 2 aromatic rings. The number of phenolic OH excluding ortho intramolecular Hbond substituents is 2. The van der Waals surface area contributed by atoms with Gasteiger partial charge >= 0.3 is 11.9 Å². The van der Waals surface area contributed by atoms with Crippen molar-refractivity contribution < 1.29 is 58.8 Å². The Morgan fingerprint density at radius 1 is 0.635 bits per heavy atom. The fourth-order valence-corrected chi connectivity index (χ4v) is 6.02. The molecule has 0 bridgehead atoms. The maximum Gasteiger partial charge on any atom is 0.326 e. The highest BCUT2D eigenvalue weighted by atomic mass is 16.4. The van der Waals surface area contributed by atoms with Gasteiger partial charge in [-0.3, -0.25) is 38.6 Å². The number of guanidine groups is 1. The molecule has 16 N–H and O–H groups in total. The van der Waals surface area contributed by atoms with Crippen LogP contribution in [0.25, 0.3) is 0 Å². The average molecular weight is 885 g/mol. The van der Waals surface area contributed by atoms with Crippen molar-refractivity contribution in [3.63, 3.8) is 0 Å². The molecule has 0 saturated heterocycles. The van der Waals surface area contributed by atoms with Crippen molar-refractivity contribution in [3.8, 4) is 11.5 Å². The molecule has 6 atom stereocenters. The number of rotatable bonds is 26. The zero-order valence-electron chi connectivity index (χ0n) is 35.6. The minimum Gasteiger partial charge on any atom is -0.508 e. The van der Waals surface area contributed by atoms with Crippen LogP contribution in [-0.2, 0) is 51.2 Å². The zero-order chi connectivity index (χ0) is 47.4. The lowest BCUT2D eigenvalue weighted by Crippen LogP contribution is -2.59. The highest BCUT2D eigenvalue weighted by Crippen LogP contribution is 2.15. The van der Waals surface area contributed by atoms with Gasteiger partial charge in [-0.05, 0) is 66.5 Å². The fourth-order valence-electron chi connectivity index (χ4n) is 6.02. The van der Waals surface area contributed by atoms with Gasteiger partial charge in [0.15, 0.2) is 5.96 Å². The Kier molecular flexibility index (Phi) is 21.3. The number of aromatic hydroxyl groups is 2. The monoisotopic (exact) mass is 884 g/mol. The van der Waals surface area contributed by atoms with Crippen LogP contribution >= 0.6 is 0 Å². The number of aliphatic imine (C=N–C) groups is 1. The molecular weight excluding hydrogens is 825 g/mol. The van der Waals surface area contributed by atoms with Gasteiger partial charge in [0.25, 0.3) is 0 Å². The number of nitrogens with one attached hydrogen (secondary N) is 6. The smallest absolute Gasteiger partial charge is 0.326 e. The predicted molar refractivity (Wildman–Crippen MR) is 228 cm³/mol. The molecule has 6 amide bonds. The Morgan fingerprint density at radius 2 is 1.11 bits per heavy atom. The summed E-state index contributed by atoms with van der Waals surface area (Å²) < 4.78 is 0. The van der Waals surface area contributed by atoms with Gasteiger partial charge in [0, 0.05) is 19.4 Å². The van der Waals surface area contributed by atoms with Crippen molar-refractivity contribution in [2.45, 2.75) is 102 Å². The molecule has 2 aromatic carbocycles. The number of amides is 6. The summed E-state index contributed by atoms with van der Waals surface area (Å²) >= 11 is 0. The van der Waals surface area contributed by atoms with Crippen molar-refractivity contribution >= 4 is 53.3 Å². The van der Waals surface area contributed by atoms with E-state index in [4.69, 9.17) is 22.3 Å². The number of nitrogens with zero attached hydrogens (tertiary/aromatic N) is 1. The van der Waals surface area contributed by atoms with Crippen LogP contribution in [0.15, 0.2) is 53.5 Å². The molecule has 22 heteroatoms. The summed E-state index contributed by atoms with van der Waals surface area (Å²) in [5, 5.41) is 52.9. The Balaban J connectivity index is 2.32. The molecule has 0 fully saturated rings. The van der Waals surface area contributed by atoms with Crippen molar-refractivity contribution in [2.24, 2.45) is 34.0 Å². The van der Waals surface area contributed by atoms with Gasteiger partial charge in [-0.25, -0.2) is 4.79 Å². The Hall–Kier alpha value is -6.97. The van der Waals surface area contributed by atoms with Crippen LogP contribution in [0, 0.1) is 11.8 Å². The van der Waals surface area contributed by atoms with Crippen LogP contribution in [-0.4, -0.2) is 123 Å². The summed E-state index contributed by atoms with van der Waals surface area (Å²) in [6.45, 7) is 6.18. The number of hydrogen-bond acceptors (Lipinski definition) is 12. The minimum atomic E-state index is -1.77. The quantitative estimate of drug-likeness (QED) is 0.0278. The molecule has 22 nitrogen and oxygen atoms in total. The fraction of sp³-hybridized carbons (Fsp3) is 0.488. The lowest BCUT2D eigenvalue weighted by molar-refractivity contribution is -0.147. The first-order chi connectivity index (χ1) is 29.6. The van der Waals surface area contributed by atoms with Crippen LogP contribution in [0.5, 0.6) is 11.5 Å². The van der Waals surface area contributed by atoms with Crippen molar-refractivity contribution in [1.29, 1.82) is 0 Å². The third-order valence-corrected chi connectivity index (χ3v) is 9.34. The van der Waals surface area contributed by atoms with Crippen molar-refractivity contribution in [1.82, 2.24) is 31.9 Å². The second kappa shape index (κ2) is 25.7. The van der Waals surface area contributed by atoms with E-state index in [9.17, 15) is 53.7 Å². The van der Waals surface area contributed by atoms with E-state index in [1.165, 1.54) is 36.4 Å². The summed E-state index contributed by atoms with van der Waals surface area (Å²) in [7, 11) is 0. The molecule has 0 aliphatic carbocycles. The number of nitrogens with two attached hydrogens (primary N) is 3. The van der Waals surface area contributed by atoms with E-state index in [2.05, 4.69) is 36.9 Å². The number of aliphatic carboxylic acids is 2. The second-order valence-electron chi connectivity index (χ2n) is 15.6. The lowest BCUT2D eigenvalue weighted by Gasteiger charge is -2.27. The first-order valence-electron chi connectivity index (χ1n) is 20.2. The number of benzene rings is 2. The van der Waals surface area contributed by atoms with Gasteiger partial charge in [-0.1, -0.05) is 52.0 Å². The highest BCUT2D eigenvalue weighted by Gasteiger charge is 2.33. The largest absolute Gasteiger partial charge is 0.508 e. The molecule has 0 unspecified atom stereocenters.